The fraction of sp³-hybridized carbons (Fsp3) is 0.250. The molecule has 2 rings (SSSR count). The SMILES string of the molecule is C=Cc1cn(-c2ccncc2)n[n+]1C.CS(=O)(=O)[N-]S(=O)(=O)C(F)(F)F. The van der Waals surface area contributed by atoms with E-state index in [-0.39, 0.29) is 6.26 Å². The van der Waals surface area contributed by atoms with Crippen LogP contribution in [0.15, 0.2) is 37.3 Å². The predicted molar refractivity (Wildman–Crippen MR) is 85.8 cm³/mol. The molecule has 0 fully saturated rings. The number of aromatic nitrogens is 4. The molecule has 0 aromatic carbocycles. The molecule has 0 amide bonds. The Morgan fingerprint density at radius 1 is 1.23 bits per heavy atom. The lowest BCUT2D eigenvalue weighted by atomic mass is 10.4. The van der Waals surface area contributed by atoms with Gasteiger partial charge in [-0.15, -0.1) is 9.36 Å². The molecule has 2 aromatic heterocycles. The molecule has 144 valence electrons. The number of alkyl halides is 3. The zero-order valence-electron chi connectivity index (χ0n) is 13.5. The van der Waals surface area contributed by atoms with E-state index in [0.717, 1.165) is 11.4 Å². The highest BCUT2D eigenvalue weighted by Crippen LogP contribution is 2.29. The van der Waals surface area contributed by atoms with Crippen molar-refractivity contribution in [3.05, 3.63) is 47.1 Å². The van der Waals surface area contributed by atoms with Gasteiger partial charge >= 0.3 is 5.51 Å². The first-order valence-corrected chi connectivity index (χ1v) is 9.80. The third kappa shape index (κ3) is 6.20. The summed E-state index contributed by atoms with van der Waals surface area (Å²) < 4.78 is 79.5. The van der Waals surface area contributed by atoms with Crippen molar-refractivity contribution in [2.24, 2.45) is 7.05 Å². The summed E-state index contributed by atoms with van der Waals surface area (Å²) in [6.45, 7) is 3.71. The first-order valence-electron chi connectivity index (χ1n) is 6.51. The van der Waals surface area contributed by atoms with Crippen LogP contribution in [0.2, 0.25) is 0 Å². The van der Waals surface area contributed by atoms with Gasteiger partial charge in [0.2, 0.25) is 0 Å². The molecule has 2 heterocycles. The van der Waals surface area contributed by atoms with Crippen LogP contribution < -0.4 is 4.68 Å². The molecule has 0 radical (unpaired) electrons. The fourth-order valence-electron chi connectivity index (χ4n) is 1.46. The molecule has 2 aromatic rings. The van der Waals surface area contributed by atoms with Crippen molar-refractivity contribution < 1.29 is 34.7 Å². The van der Waals surface area contributed by atoms with Crippen LogP contribution in [0.25, 0.3) is 15.9 Å². The summed E-state index contributed by atoms with van der Waals surface area (Å²) in [5.41, 5.74) is -3.71. The highest BCUT2D eigenvalue weighted by atomic mass is 32.3. The second-order valence-electron chi connectivity index (χ2n) is 4.65. The summed E-state index contributed by atoms with van der Waals surface area (Å²) in [6.07, 6.45) is 7.42. The van der Waals surface area contributed by atoms with E-state index in [1.165, 1.54) is 0 Å². The Morgan fingerprint density at radius 2 is 1.77 bits per heavy atom. The second kappa shape index (κ2) is 7.92. The number of aryl methyl sites for hydroxylation is 1. The van der Waals surface area contributed by atoms with E-state index in [0.29, 0.717) is 0 Å². The van der Waals surface area contributed by atoms with Crippen molar-refractivity contribution in [3.63, 3.8) is 0 Å². The number of hydrogen-bond acceptors (Lipinski definition) is 6. The largest absolute Gasteiger partial charge is 0.480 e. The van der Waals surface area contributed by atoms with Crippen LogP contribution in [0, 0.1) is 0 Å². The van der Waals surface area contributed by atoms with Crippen molar-refractivity contribution in [1.29, 1.82) is 0 Å². The summed E-state index contributed by atoms with van der Waals surface area (Å²) in [6, 6.07) is 3.81. The molecule has 0 atom stereocenters. The Kier molecular flexibility index (Phi) is 6.62. The lowest BCUT2D eigenvalue weighted by Gasteiger charge is -2.19. The molecule has 0 aliphatic rings. The molecule has 0 saturated carbocycles. The van der Waals surface area contributed by atoms with Crippen LogP contribution in [0.3, 0.4) is 0 Å². The molecule has 26 heavy (non-hydrogen) atoms. The third-order valence-electron chi connectivity index (χ3n) is 2.52. The quantitative estimate of drug-likeness (QED) is 0.688. The smallest absolute Gasteiger partial charge is 0.429 e. The van der Waals surface area contributed by atoms with E-state index in [4.69, 9.17) is 0 Å². The molecule has 0 saturated heterocycles. The van der Waals surface area contributed by atoms with Gasteiger partial charge in [0.1, 0.15) is 7.05 Å². The summed E-state index contributed by atoms with van der Waals surface area (Å²) in [4.78, 5) is 3.95. The van der Waals surface area contributed by atoms with Gasteiger partial charge in [0.25, 0.3) is 0 Å². The fourth-order valence-corrected chi connectivity index (χ4v) is 3.22. The van der Waals surface area contributed by atoms with Crippen molar-refractivity contribution in [2.45, 2.75) is 5.51 Å². The molecule has 0 spiro atoms. The Morgan fingerprint density at radius 3 is 2.12 bits per heavy atom. The number of nitrogens with zero attached hydrogens (tertiary/aromatic N) is 5. The van der Waals surface area contributed by atoms with E-state index in [1.807, 2.05) is 25.4 Å². The normalized spacial score (nSPS) is 12.2. The van der Waals surface area contributed by atoms with Crippen LogP contribution in [0.4, 0.5) is 13.2 Å². The molecule has 9 nitrogen and oxygen atoms in total. The summed E-state index contributed by atoms with van der Waals surface area (Å²) >= 11 is 0. The average molecular weight is 413 g/mol. The van der Waals surface area contributed by atoms with Gasteiger partial charge in [-0.1, -0.05) is 6.58 Å². The molecule has 0 aliphatic carbocycles. The van der Waals surface area contributed by atoms with Gasteiger partial charge in [-0.3, -0.25) is 4.98 Å². The second-order valence-corrected chi connectivity index (χ2v) is 8.12. The number of hydrogen-bond donors (Lipinski definition) is 0. The van der Waals surface area contributed by atoms with E-state index in [2.05, 4.69) is 16.8 Å². The monoisotopic (exact) mass is 413 g/mol. The van der Waals surface area contributed by atoms with Crippen molar-refractivity contribution in [2.75, 3.05) is 6.26 Å². The van der Waals surface area contributed by atoms with Gasteiger partial charge in [-0.05, 0) is 6.08 Å². The van der Waals surface area contributed by atoms with E-state index in [1.54, 1.807) is 32.0 Å². The van der Waals surface area contributed by atoms with Crippen molar-refractivity contribution >= 4 is 26.1 Å². The van der Waals surface area contributed by atoms with Gasteiger partial charge in [0.15, 0.2) is 27.6 Å². The standard InChI is InChI=1S/C10H11N4.C2H3F3NO4S2/c1-3-9-8-14(12-13(9)2)10-4-6-11-7-5-10;1-11(7,8)6-12(9,10)2(3,4)5/h3-8H,1H2,2H3;1H3/q+1;-1. The van der Waals surface area contributed by atoms with E-state index >= 15 is 0 Å². The van der Waals surface area contributed by atoms with E-state index < -0.39 is 25.6 Å². The van der Waals surface area contributed by atoms with Crippen LogP contribution in [0.1, 0.15) is 5.69 Å². The minimum atomic E-state index is -5.92. The molecule has 0 N–H and O–H groups in total. The van der Waals surface area contributed by atoms with Crippen molar-refractivity contribution in [3.8, 4) is 5.69 Å². The zero-order valence-corrected chi connectivity index (χ0v) is 15.1. The van der Waals surface area contributed by atoms with Crippen molar-refractivity contribution in [1.82, 2.24) is 14.9 Å². The number of sulfonamides is 2. The van der Waals surface area contributed by atoms with Gasteiger partial charge in [0.05, 0.1) is 15.2 Å². The highest BCUT2D eigenvalue weighted by molar-refractivity contribution is 8.12. The number of halogens is 3. The topological polar surface area (TPSA) is 117 Å². The van der Waals surface area contributed by atoms with Gasteiger partial charge in [-0.2, -0.15) is 13.2 Å². The zero-order chi connectivity index (χ0) is 20.2. The molecular weight excluding hydrogens is 399 g/mol. The summed E-state index contributed by atoms with van der Waals surface area (Å²) in [7, 11) is -8.58. The predicted octanol–water partition coefficient (Wildman–Crippen LogP) is 0.904. The molecular formula is C12H14F3N5O4S2. The summed E-state index contributed by atoms with van der Waals surface area (Å²) in [5.74, 6) is 0. The van der Waals surface area contributed by atoms with Gasteiger partial charge in [-0.25, -0.2) is 16.8 Å². The lowest BCUT2D eigenvalue weighted by molar-refractivity contribution is -0.733. The van der Waals surface area contributed by atoms with Crippen LogP contribution in [0.5, 0.6) is 0 Å². The van der Waals surface area contributed by atoms with Gasteiger partial charge in [0, 0.05) is 30.8 Å². The van der Waals surface area contributed by atoms with Gasteiger partial charge < -0.3 is 4.13 Å². The maximum atomic E-state index is 11.4. The van der Waals surface area contributed by atoms with Crippen LogP contribution in [-0.4, -0.2) is 43.5 Å². The molecule has 14 heteroatoms. The Bertz CT molecular complexity index is 970. The number of rotatable bonds is 4. The van der Waals surface area contributed by atoms with Crippen LogP contribution in [-0.2, 0) is 27.1 Å². The Labute approximate surface area is 147 Å². The Balaban J connectivity index is 0.000000265. The molecule has 0 aliphatic heterocycles. The molecule has 0 bridgehead atoms. The highest BCUT2D eigenvalue weighted by Gasteiger charge is 2.39. The lowest BCUT2D eigenvalue weighted by Crippen LogP contribution is -2.33. The maximum Gasteiger partial charge on any atom is 0.480 e. The van der Waals surface area contributed by atoms with Crippen LogP contribution >= 0.6 is 0 Å². The maximum absolute atomic E-state index is 11.4. The van der Waals surface area contributed by atoms with E-state index in [9.17, 15) is 30.0 Å². The first-order chi connectivity index (χ1) is 11.8. The summed E-state index contributed by atoms with van der Waals surface area (Å²) in [5, 5.41) is 4.29. The molecule has 0 unspecified atom stereocenters. The minimum Gasteiger partial charge on any atom is -0.429 e. The number of pyridine rings is 1. The average Bonchev–Trinajstić information content (AvgIpc) is 2.86. The first kappa shape index (κ1) is 21.7. The third-order valence-corrected chi connectivity index (χ3v) is 4.97. The Hall–Kier alpha value is -2.32. The minimum absolute atomic E-state index is 0.246.